The van der Waals surface area contributed by atoms with Gasteiger partial charge in [-0.25, -0.2) is 0 Å². The zero-order valence-electron chi connectivity index (χ0n) is 34.6. The summed E-state index contributed by atoms with van der Waals surface area (Å²) in [5, 5.41) is 25.1. The van der Waals surface area contributed by atoms with Crippen LogP contribution in [0.25, 0.3) is 44.7 Å². The summed E-state index contributed by atoms with van der Waals surface area (Å²) in [6.07, 6.45) is 3.74. The largest absolute Gasteiger partial charge is 0.311 e. The summed E-state index contributed by atoms with van der Waals surface area (Å²) < 4.78 is 0. The molecule has 0 fully saturated rings. The van der Waals surface area contributed by atoms with Crippen molar-refractivity contribution in [3.8, 4) is 16.8 Å². The average Bonchev–Trinajstić information content (AvgIpc) is 3.81. The van der Waals surface area contributed by atoms with Crippen LogP contribution in [0.3, 0.4) is 0 Å². The maximum atomic E-state index is 8.47. The summed E-state index contributed by atoms with van der Waals surface area (Å²) in [6, 6.07) is 75.3. The molecule has 0 radical (unpaired) electrons. The maximum Gasteiger partial charge on any atom is 0.121 e. The Hall–Kier alpha value is -8.88. The van der Waals surface area contributed by atoms with Crippen LogP contribution >= 0.6 is 0 Å². The van der Waals surface area contributed by atoms with Crippen molar-refractivity contribution in [2.24, 2.45) is 5.10 Å². The predicted molar refractivity (Wildman–Crippen MR) is 265 cm³/mol. The summed E-state index contributed by atoms with van der Waals surface area (Å²) in [4.78, 5) is 6.23. The third-order valence-electron chi connectivity index (χ3n) is 11.6. The number of para-hydroxylation sites is 2. The van der Waals surface area contributed by atoms with E-state index in [1.807, 2.05) is 72.8 Å². The molecule has 2 N–H and O–H groups in total. The summed E-state index contributed by atoms with van der Waals surface area (Å²) in [6.45, 7) is 0. The van der Waals surface area contributed by atoms with E-state index in [0.717, 1.165) is 89.6 Å². The molecule has 10 aromatic rings. The van der Waals surface area contributed by atoms with Crippen LogP contribution < -0.4 is 15.2 Å². The van der Waals surface area contributed by atoms with Crippen molar-refractivity contribution in [2.45, 2.75) is 0 Å². The second-order valence-corrected chi connectivity index (χ2v) is 15.5. The van der Waals surface area contributed by atoms with E-state index in [0.29, 0.717) is 11.4 Å². The van der Waals surface area contributed by atoms with Crippen molar-refractivity contribution in [2.75, 3.05) is 15.2 Å². The molecule has 1 aliphatic carbocycles. The fourth-order valence-corrected chi connectivity index (χ4v) is 8.33. The van der Waals surface area contributed by atoms with Crippen LogP contribution in [0.15, 0.2) is 230 Å². The smallest absolute Gasteiger partial charge is 0.121 e. The number of hydrazone groups is 1. The summed E-state index contributed by atoms with van der Waals surface area (Å²) in [5.74, 6) is 0. The Kier molecular flexibility index (Phi) is 9.83. The van der Waals surface area contributed by atoms with Gasteiger partial charge >= 0.3 is 0 Å². The summed E-state index contributed by atoms with van der Waals surface area (Å²) >= 11 is 0. The maximum absolute atomic E-state index is 8.47. The first kappa shape index (κ1) is 38.1. The van der Waals surface area contributed by atoms with E-state index >= 15 is 0 Å². The number of fused-ring (bicyclic) bond motifs is 4. The van der Waals surface area contributed by atoms with E-state index in [1.54, 1.807) is 10.9 Å². The van der Waals surface area contributed by atoms with Gasteiger partial charge in [0.1, 0.15) is 16.7 Å². The van der Waals surface area contributed by atoms with E-state index in [9.17, 15) is 0 Å². The number of rotatable bonds is 10. The quantitative estimate of drug-likeness (QED) is 0.134. The van der Waals surface area contributed by atoms with Gasteiger partial charge in [0.05, 0.1) is 17.1 Å². The van der Waals surface area contributed by atoms with E-state index in [1.165, 1.54) is 0 Å². The van der Waals surface area contributed by atoms with Crippen LogP contribution in [0.1, 0.15) is 11.1 Å². The molecule has 0 bridgehead atoms. The Balaban J connectivity index is 0.844. The molecule has 0 aliphatic heterocycles. The standard InChI is InChI=1S/C56H40N8/c57-53-37-23-41-11-7-9-17-51(41)55(53)59-58-43-25-31-48(32-26-43)62(44-13-3-1-4-14-44)46-27-19-39(20-28-46)40-21-29-47(30-22-40)63(45-15-5-2-6-16-45)49-33-35-50(36-34-49)64-60-54-38-24-42-12-8-10-18-52(42)56(54)61-64/h1-38,57-58H/b57-53?,59-55-. The molecule has 0 atom stereocenters. The fraction of sp³-hybridized carbons (Fsp3) is 0. The highest BCUT2D eigenvalue weighted by atomic mass is 15.5. The molecule has 64 heavy (non-hydrogen) atoms. The molecule has 0 saturated carbocycles. The minimum atomic E-state index is 0.376. The summed E-state index contributed by atoms with van der Waals surface area (Å²) in [7, 11) is 0. The fourth-order valence-electron chi connectivity index (χ4n) is 8.33. The molecule has 8 heteroatoms. The molecule has 11 rings (SSSR count). The van der Waals surface area contributed by atoms with Crippen molar-refractivity contribution < 1.29 is 0 Å². The molecule has 0 unspecified atom stereocenters. The Labute approximate surface area is 370 Å². The number of hydrogen-bond donors (Lipinski definition) is 2. The Morgan fingerprint density at radius 1 is 0.453 bits per heavy atom. The minimum absolute atomic E-state index is 0.376. The monoisotopic (exact) mass is 824 g/mol. The highest BCUT2D eigenvalue weighted by Crippen LogP contribution is 2.38. The van der Waals surface area contributed by atoms with Crippen LogP contribution in [0.4, 0.5) is 39.8 Å². The molecule has 0 saturated heterocycles. The van der Waals surface area contributed by atoms with Crippen LogP contribution in [0.2, 0.25) is 0 Å². The van der Waals surface area contributed by atoms with Crippen molar-refractivity contribution >= 4 is 79.1 Å². The van der Waals surface area contributed by atoms with Gasteiger partial charge in [-0.2, -0.15) is 9.90 Å². The van der Waals surface area contributed by atoms with E-state index < -0.39 is 0 Å². The number of allylic oxidation sites excluding steroid dienone is 1. The van der Waals surface area contributed by atoms with Gasteiger partial charge in [0.2, 0.25) is 0 Å². The lowest BCUT2D eigenvalue weighted by Gasteiger charge is -2.26. The number of nitrogens with zero attached hydrogens (tertiary/aromatic N) is 6. The number of anilines is 7. The third-order valence-corrected chi connectivity index (χ3v) is 11.6. The third kappa shape index (κ3) is 7.35. The molecule has 9 aromatic carbocycles. The van der Waals surface area contributed by atoms with Crippen molar-refractivity contribution in [3.05, 3.63) is 236 Å². The second kappa shape index (κ2) is 16.5. The SMILES string of the molecule is N=C1C=Cc2ccccc2/C1=N/Nc1ccc(N(c2ccccc2)c2ccc(-c3ccc(N(c4ccccc4)c4ccc(-n5nc6ccc7ccccc7c6n5)cc4)cc3)cc2)cc1. The lowest BCUT2D eigenvalue weighted by molar-refractivity contribution is 0.766. The molecule has 8 nitrogen and oxygen atoms in total. The number of aromatic nitrogens is 3. The summed E-state index contributed by atoms with van der Waals surface area (Å²) in [5.41, 5.74) is 18.1. The lowest BCUT2D eigenvalue weighted by atomic mass is 9.94. The molecule has 304 valence electrons. The van der Waals surface area contributed by atoms with Crippen molar-refractivity contribution in [1.82, 2.24) is 15.0 Å². The molecular weight excluding hydrogens is 785 g/mol. The van der Waals surface area contributed by atoms with E-state index in [4.69, 9.17) is 15.6 Å². The first-order valence-electron chi connectivity index (χ1n) is 21.2. The van der Waals surface area contributed by atoms with Crippen LogP contribution in [-0.4, -0.2) is 26.4 Å². The normalized spacial score (nSPS) is 12.7. The lowest BCUT2D eigenvalue weighted by Crippen LogP contribution is -2.18. The zero-order valence-corrected chi connectivity index (χ0v) is 34.6. The van der Waals surface area contributed by atoms with E-state index in [-0.39, 0.29) is 0 Å². The van der Waals surface area contributed by atoms with Gasteiger partial charge in [-0.05, 0) is 131 Å². The first-order chi connectivity index (χ1) is 31.6. The first-order valence-corrected chi connectivity index (χ1v) is 21.2. The highest BCUT2D eigenvalue weighted by molar-refractivity contribution is 6.53. The average molecular weight is 825 g/mol. The van der Waals surface area contributed by atoms with Gasteiger partial charge < -0.3 is 9.80 Å². The van der Waals surface area contributed by atoms with Gasteiger partial charge in [-0.15, -0.1) is 10.2 Å². The Bertz CT molecular complexity index is 3340. The zero-order chi connectivity index (χ0) is 42.8. The molecule has 0 amide bonds. The van der Waals surface area contributed by atoms with Crippen LogP contribution in [0.5, 0.6) is 0 Å². The molecular formula is C56H40N8. The Morgan fingerprint density at radius 2 is 0.969 bits per heavy atom. The minimum Gasteiger partial charge on any atom is -0.311 e. The number of nitrogens with one attached hydrogen (secondary N) is 2. The highest BCUT2D eigenvalue weighted by Gasteiger charge is 2.18. The predicted octanol–water partition coefficient (Wildman–Crippen LogP) is 14.0. The second-order valence-electron chi connectivity index (χ2n) is 15.5. The van der Waals surface area contributed by atoms with Crippen LogP contribution in [0, 0.1) is 5.41 Å². The molecule has 1 aliphatic rings. The molecule has 1 heterocycles. The van der Waals surface area contributed by atoms with Gasteiger partial charge in [-0.3, -0.25) is 10.8 Å². The number of benzene rings is 9. The molecule has 1 aromatic heterocycles. The van der Waals surface area contributed by atoms with Crippen molar-refractivity contribution in [3.63, 3.8) is 0 Å². The number of hydrogen-bond acceptors (Lipinski definition) is 7. The Morgan fingerprint density at radius 3 is 1.59 bits per heavy atom. The topological polar surface area (TPSA) is 85.4 Å². The molecule has 0 spiro atoms. The van der Waals surface area contributed by atoms with Gasteiger partial charge in [0, 0.05) is 45.1 Å². The van der Waals surface area contributed by atoms with E-state index in [2.05, 4.69) is 172 Å². The van der Waals surface area contributed by atoms with Gasteiger partial charge in [0.25, 0.3) is 0 Å². The van der Waals surface area contributed by atoms with Gasteiger partial charge in [-0.1, -0.05) is 121 Å². The van der Waals surface area contributed by atoms with Gasteiger partial charge in [0.15, 0.2) is 0 Å². The van der Waals surface area contributed by atoms with Crippen molar-refractivity contribution in [1.29, 1.82) is 5.41 Å². The van der Waals surface area contributed by atoms with Crippen LogP contribution in [-0.2, 0) is 0 Å².